The molecule has 0 spiro atoms. The Balaban J connectivity index is 2.18. The summed E-state index contributed by atoms with van der Waals surface area (Å²) in [6.45, 7) is 16.3. The van der Waals surface area contributed by atoms with Gasteiger partial charge in [-0.3, -0.25) is 0 Å². The monoisotopic (exact) mass is 402 g/mol. The predicted molar refractivity (Wildman–Crippen MR) is 126 cm³/mol. The highest BCUT2D eigenvalue weighted by Crippen LogP contribution is 2.56. The van der Waals surface area contributed by atoms with Crippen molar-refractivity contribution in [1.82, 2.24) is 0 Å². The van der Waals surface area contributed by atoms with Gasteiger partial charge in [-0.15, -0.1) is 0 Å². The zero-order chi connectivity index (χ0) is 21.2. The van der Waals surface area contributed by atoms with Gasteiger partial charge in [0.15, 0.2) is 0 Å². The summed E-state index contributed by atoms with van der Waals surface area (Å²) < 4.78 is 0. The molecule has 3 aromatic carbocycles. The molecule has 29 heavy (non-hydrogen) atoms. The fraction of sp³-hybridized carbons (Fsp3) is 0.357. The van der Waals surface area contributed by atoms with E-state index in [4.69, 9.17) is 11.6 Å². The minimum Gasteiger partial charge on any atom is -0.0843 e. The smallest absolute Gasteiger partial charge is 0.0438 e. The van der Waals surface area contributed by atoms with Crippen LogP contribution in [0.5, 0.6) is 0 Å². The molecule has 0 fully saturated rings. The van der Waals surface area contributed by atoms with Crippen LogP contribution in [0.2, 0.25) is 5.02 Å². The van der Waals surface area contributed by atoms with Crippen LogP contribution in [-0.4, -0.2) is 0 Å². The van der Waals surface area contributed by atoms with E-state index in [9.17, 15) is 0 Å². The predicted octanol–water partition coefficient (Wildman–Crippen LogP) is 8.27. The van der Waals surface area contributed by atoms with E-state index in [1.54, 1.807) is 0 Å². The van der Waals surface area contributed by atoms with Gasteiger partial charge < -0.3 is 0 Å². The fourth-order valence-corrected chi connectivity index (χ4v) is 4.97. The molecule has 0 aromatic heterocycles. The number of fused-ring (bicyclic) bond motifs is 3. The van der Waals surface area contributed by atoms with Gasteiger partial charge in [0.1, 0.15) is 0 Å². The Hall–Kier alpha value is -2.05. The summed E-state index contributed by atoms with van der Waals surface area (Å²) in [7, 11) is 0. The van der Waals surface area contributed by atoms with E-state index in [-0.39, 0.29) is 16.2 Å². The Bertz CT molecular complexity index is 1080. The van der Waals surface area contributed by atoms with Crippen LogP contribution in [0.3, 0.4) is 0 Å². The van der Waals surface area contributed by atoms with Crippen LogP contribution in [0.4, 0.5) is 0 Å². The third-order valence-corrected chi connectivity index (χ3v) is 6.71. The van der Waals surface area contributed by atoms with Gasteiger partial charge in [-0.1, -0.05) is 102 Å². The molecule has 4 rings (SSSR count). The minimum absolute atomic E-state index is 0.0349. The third kappa shape index (κ3) is 3.13. The van der Waals surface area contributed by atoms with Gasteiger partial charge >= 0.3 is 0 Å². The van der Waals surface area contributed by atoms with E-state index in [2.05, 4.69) is 103 Å². The summed E-state index contributed by atoms with van der Waals surface area (Å²) in [6, 6.07) is 22.2. The first-order valence-corrected chi connectivity index (χ1v) is 10.9. The summed E-state index contributed by atoms with van der Waals surface area (Å²) in [5.74, 6) is 0. The van der Waals surface area contributed by atoms with E-state index in [1.807, 2.05) is 6.07 Å². The lowest BCUT2D eigenvalue weighted by Gasteiger charge is -2.35. The van der Waals surface area contributed by atoms with Gasteiger partial charge in [0.25, 0.3) is 0 Å². The highest BCUT2D eigenvalue weighted by molar-refractivity contribution is 6.31. The van der Waals surface area contributed by atoms with Crippen LogP contribution in [-0.2, 0) is 16.2 Å². The zero-order valence-electron chi connectivity index (χ0n) is 18.7. The summed E-state index contributed by atoms with van der Waals surface area (Å²) in [5, 5.41) is 0.797. The lowest BCUT2D eigenvalue weighted by molar-refractivity contribution is 0.553. The van der Waals surface area contributed by atoms with Gasteiger partial charge in [0, 0.05) is 10.4 Å². The van der Waals surface area contributed by atoms with Crippen LogP contribution in [0.25, 0.3) is 11.1 Å². The molecule has 0 nitrogen and oxygen atoms in total. The zero-order valence-corrected chi connectivity index (χ0v) is 19.4. The molecule has 0 radical (unpaired) electrons. The SMILES string of the molecule is CC(C)(C)c1cc2c(c(C(C)(C)C)c1)C(C)(c1ccccc1)c1ccc(Cl)cc1-2. The molecule has 150 valence electrons. The van der Waals surface area contributed by atoms with Gasteiger partial charge in [0.2, 0.25) is 0 Å². The molecule has 0 aliphatic heterocycles. The molecule has 0 N–H and O–H groups in total. The van der Waals surface area contributed by atoms with Crippen LogP contribution >= 0.6 is 11.6 Å². The maximum absolute atomic E-state index is 6.49. The van der Waals surface area contributed by atoms with Crippen LogP contribution in [0, 0.1) is 0 Å². The van der Waals surface area contributed by atoms with E-state index >= 15 is 0 Å². The molecule has 0 saturated heterocycles. The van der Waals surface area contributed by atoms with E-state index in [1.165, 1.54) is 38.9 Å². The first-order valence-electron chi connectivity index (χ1n) is 10.5. The second kappa shape index (κ2) is 6.47. The second-order valence-electron chi connectivity index (χ2n) is 10.6. The lowest BCUT2D eigenvalue weighted by Crippen LogP contribution is -2.28. The van der Waals surface area contributed by atoms with Crippen LogP contribution in [0.1, 0.15) is 76.3 Å². The molecule has 0 heterocycles. The Morgan fingerprint density at radius 3 is 1.97 bits per heavy atom. The van der Waals surface area contributed by atoms with Crippen molar-refractivity contribution in [3.63, 3.8) is 0 Å². The molecule has 0 bridgehead atoms. The molecular formula is C28H31Cl. The average molecular weight is 403 g/mol. The lowest BCUT2D eigenvalue weighted by atomic mass is 9.68. The van der Waals surface area contributed by atoms with Crippen molar-refractivity contribution >= 4 is 11.6 Å². The molecule has 1 atom stereocenters. The Morgan fingerprint density at radius 2 is 1.38 bits per heavy atom. The minimum atomic E-state index is -0.199. The van der Waals surface area contributed by atoms with E-state index in [0.29, 0.717) is 0 Å². The Kier molecular flexibility index (Phi) is 4.52. The van der Waals surface area contributed by atoms with Crippen molar-refractivity contribution in [3.05, 3.63) is 93.5 Å². The van der Waals surface area contributed by atoms with Crippen molar-refractivity contribution in [2.24, 2.45) is 0 Å². The molecule has 0 saturated carbocycles. The Morgan fingerprint density at radius 1 is 0.724 bits per heavy atom. The molecule has 1 aliphatic carbocycles. The van der Waals surface area contributed by atoms with Crippen molar-refractivity contribution in [2.75, 3.05) is 0 Å². The Labute approximate surface area is 180 Å². The molecular weight excluding hydrogens is 372 g/mol. The van der Waals surface area contributed by atoms with Crippen LogP contribution in [0.15, 0.2) is 60.7 Å². The van der Waals surface area contributed by atoms with Gasteiger partial charge in [-0.2, -0.15) is 0 Å². The summed E-state index contributed by atoms with van der Waals surface area (Å²) in [5.41, 5.74) is 9.45. The normalized spacial score (nSPS) is 18.5. The highest BCUT2D eigenvalue weighted by Gasteiger charge is 2.44. The van der Waals surface area contributed by atoms with Crippen LogP contribution < -0.4 is 0 Å². The first kappa shape index (κ1) is 20.2. The summed E-state index contributed by atoms with van der Waals surface area (Å²) in [4.78, 5) is 0. The quantitative estimate of drug-likeness (QED) is 0.384. The summed E-state index contributed by atoms with van der Waals surface area (Å²) in [6.07, 6.45) is 0. The van der Waals surface area contributed by atoms with Gasteiger partial charge in [-0.25, -0.2) is 0 Å². The standard InChI is InChI=1S/C28H31Cl/c1-26(2,3)19-15-22-21-17-20(29)13-14-23(21)28(7,18-11-9-8-10-12-18)25(22)24(16-19)27(4,5)6/h8-17H,1-7H3. The molecule has 1 aliphatic rings. The number of benzene rings is 3. The second-order valence-corrected chi connectivity index (χ2v) is 11.1. The maximum Gasteiger partial charge on any atom is 0.0438 e. The van der Waals surface area contributed by atoms with E-state index < -0.39 is 0 Å². The van der Waals surface area contributed by atoms with Gasteiger partial charge in [0.05, 0.1) is 0 Å². The third-order valence-electron chi connectivity index (χ3n) is 6.47. The number of rotatable bonds is 1. The fourth-order valence-electron chi connectivity index (χ4n) is 4.80. The topological polar surface area (TPSA) is 0 Å². The number of hydrogen-bond donors (Lipinski definition) is 0. The van der Waals surface area contributed by atoms with Crippen molar-refractivity contribution in [1.29, 1.82) is 0 Å². The van der Waals surface area contributed by atoms with Crippen molar-refractivity contribution in [3.8, 4) is 11.1 Å². The highest BCUT2D eigenvalue weighted by atomic mass is 35.5. The van der Waals surface area contributed by atoms with Gasteiger partial charge in [-0.05, 0) is 68.8 Å². The molecule has 1 heteroatoms. The molecule has 3 aromatic rings. The molecule has 0 amide bonds. The first-order chi connectivity index (χ1) is 13.4. The number of hydrogen-bond acceptors (Lipinski definition) is 0. The maximum atomic E-state index is 6.49. The summed E-state index contributed by atoms with van der Waals surface area (Å²) >= 11 is 6.49. The van der Waals surface area contributed by atoms with E-state index in [0.717, 1.165) is 5.02 Å². The average Bonchev–Trinajstić information content (AvgIpc) is 2.90. The van der Waals surface area contributed by atoms with Crippen molar-refractivity contribution in [2.45, 2.75) is 64.7 Å². The molecule has 1 unspecified atom stereocenters. The number of halogens is 1. The largest absolute Gasteiger partial charge is 0.0843 e. The van der Waals surface area contributed by atoms with Crippen molar-refractivity contribution < 1.29 is 0 Å².